The van der Waals surface area contributed by atoms with E-state index in [0.29, 0.717) is 15.8 Å². The number of fused-ring (bicyclic) bond motifs is 1. The highest BCUT2D eigenvalue weighted by Gasteiger charge is 2.37. The number of nitrogens with one attached hydrogen (secondary N) is 1. The number of aromatic nitrogens is 3. The molecule has 6 nitrogen and oxygen atoms in total. The molecule has 1 aliphatic rings. The van der Waals surface area contributed by atoms with E-state index in [1.54, 1.807) is 6.92 Å². The quantitative estimate of drug-likeness (QED) is 0.596. The van der Waals surface area contributed by atoms with Crippen LogP contribution in [-0.4, -0.2) is 27.1 Å². The zero-order valence-electron chi connectivity index (χ0n) is 15.5. The van der Waals surface area contributed by atoms with Crippen molar-refractivity contribution >= 4 is 17.2 Å². The highest BCUT2D eigenvalue weighted by Crippen LogP contribution is 2.41. The van der Waals surface area contributed by atoms with Gasteiger partial charge in [0, 0.05) is 23.4 Å². The van der Waals surface area contributed by atoms with Gasteiger partial charge in [-0.15, -0.1) is 0 Å². The second-order valence-corrected chi connectivity index (χ2v) is 6.95. The Labute approximate surface area is 166 Å². The van der Waals surface area contributed by atoms with Crippen LogP contribution in [0.5, 0.6) is 5.75 Å². The lowest BCUT2D eigenvalue weighted by molar-refractivity contribution is -0.142. The Hall–Kier alpha value is -3.24. The molecule has 1 fully saturated rings. The fraction of sp³-hybridized carbons (Fsp3) is 0.316. The average Bonchev–Trinajstić information content (AvgIpc) is 3.40. The van der Waals surface area contributed by atoms with Gasteiger partial charge >= 0.3 is 12.8 Å². The van der Waals surface area contributed by atoms with E-state index in [1.807, 2.05) is 0 Å². The lowest BCUT2D eigenvalue weighted by atomic mass is 10.2. The number of alkyl halides is 5. The van der Waals surface area contributed by atoms with Crippen LogP contribution in [0.4, 0.5) is 27.6 Å². The minimum atomic E-state index is -4.66. The molecule has 0 spiro atoms. The van der Waals surface area contributed by atoms with E-state index in [2.05, 4.69) is 20.1 Å². The Morgan fingerprint density at radius 1 is 1.23 bits per heavy atom. The van der Waals surface area contributed by atoms with Crippen molar-refractivity contribution in [3.8, 4) is 5.75 Å². The third-order valence-electron chi connectivity index (χ3n) is 4.64. The molecule has 1 saturated carbocycles. The minimum Gasteiger partial charge on any atom is -0.435 e. The first-order valence-electron chi connectivity index (χ1n) is 8.96. The Morgan fingerprint density at radius 3 is 2.57 bits per heavy atom. The maximum absolute atomic E-state index is 13.5. The number of hydrogen-bond acceptors (Lipinski definition) is 4. The van der Waals surface area contributed by atoms with Crippen LogP contribution in [0.15, 0.2) is 30.3 Å². The fourth-order valence-electron chi connectivity index (χ4n) is 3.03. The van der Waals surface area contributed by atoms with E-state index in [4.69, 9.17) is 0 Å². The maximum Gasteiger partial charge on any atom is 0.433 e. The van der Waals surface area contributed by atoms with E-state index >= 15 is 0 Å². The number of hydrogen-bond donors (Lipinski definition) is 1. The first-order valence-corrected chi connectivity index (χ1v) is 8.96. The number of aryl methyl sites for hydroxylation is 1. The molecular formula is C19H15F5N4O2. The Morgan fingerprint density at radius 2 is 1.97 bits per heavy atom. The van der Waals surface area contributed by atoms with Crippen molar-refractivity contribution in [3.05, 3.63) is 53.0 Å². The van der Waals surface area contributed by atoms with Crippen LogP contribution < -0.4 is 10.1 Å². The molecule has 3 aromatic rings. The van der Waals surface area contributed by atoms with Crippen LogP contribution in [0, 0.1) is 6.92 Å². The number of benzene rings is 1. The van der Waals surface area contributed by atoms with E-state index in [1.165, 1.54) is 24.3 Å². The number of carbonyl (C=O) groups excluding carboxylic acids is 1. The van der Waals surface area contributed by atoms with Crippen molar-refractivity contribution in [2.45, 2.75) is 38.5 Å². The van der Waals surface area contributed by atoms with Gasteiger partial charge in [0.15, 0.2) is 11.3 Å². The molecule has 1 N–H and O–H groups in total. The molecule has 0 atom stereocenters. The molecule has 0 saturated heterocycles. The summed E-state index contributed by atoms with van der Waals surface area (Å²) < 4.78 is 69.9. The number of halogens is 5. The summed E-state index contributed by atoms with van der Waals surface area (Å²) in [5, 5.41) is 6.29. The number of anilines is 1. The van der Waals surface area contributed by atoms with Crippen molar-refractivity contribution in [3.63, 3.8) is 0 Å². The third kappa shape index (κ3) is 4.05. The molecule has 11 heteroatoms. The average molecular weight is 426 g/mol. The van der Waals surface area contributed by atoms with E-state index < -0.39 is 24.4 Å². The molecule has 1 aliphatic carbocycles. The van der Waals surface area contributed by atoms with Gasteiger partial charge in [-0.3, -0.25) is 4.79 Å². The van der Waals surface area contributed by atoms with Gasteiger partial charge in [-0.05, 0) is 49.6 Å². The van der Waals surface area contributed by atoms with Gasteiger partial charge in [0.25, 0.3) is 5.91 Å². The molecule has 30 heavy (non-hydrogen) atoms. The lowest BCUT2D eigenvalue weighted by Crippen LogP contribution is -2.16. The van der Waals surface area contributed by atoms with Crippen molar-refractivity contribution in [2.75, 3.05) is 5.32 Å². The van der Waals surface area contributed by atoms with E-state index in [9.17, 15) is 26.7 Å². The van der Waals surface area contributed by atoms with E-state index in [0.717, 1.165) is 18.9 Å². The van der Waals surface area contributed by atoms with Gasteiger partial charge < -0.3 is 10.1 Å². The highest BCUT2D eigenvalue weighted by molar-refractivity contribution is 6.03. The summed E-state index contributed by atoms with van der Waals surface area (Å²) in [7, 11) is 0. The molecule has 2 heterocycles. The van der Waals surface area contributed by atoms with Crippen molar-refractivity contribution < 1.29 is 31.5 Å². The van der Waals surface area contributed by atoms with Crippen LogP contribution in [0.1, 0.15) is 46.2 Å². The zero-order valence-corrected chi connectivity index (χ0v) is 15.5. The van der Waals surface area contributed by atoms with Crippen molar-refractivity contribution in [1.82, 2.24) is 14.6 Å². The first-order chi connectivity index (χ1) is 14.1. The van der Waals surface area contributed by atoms with Gasteiger partial charge in [-0.25, -0.2) is 9.50 Å². The topological polar surface area (TPSA) is 68.5 Å². The third-order valence-corrected chi connectivity index (χ3v) is 4.64. The highest BCUT2D eigenvalue weighted by atomic mass is 19.4. The van der Waals surface area contributed by atoms with Crippen LogP contribution >= 0.6 is 0 Å². The molecule has 4 rings (SSSR count). The van der Waals surface area contributed by atoms with Crippen LogP contribution in [0.25, 0.3) is 5.65 Å². The normalized spacial score (nSPS) is 14.4. The predicted octanol–water partition coefficient (Wildman–Crippen LogP) is 4.79. The summed E-state index contributed by atoms with van der Waals surface area (Å²) in [6.07, 6.45) is -3.12. The largest absolute Gasteiger partial charge is 0.435 e. The van der Waals surface area contributed by atoms with Crippen molar-refractivity contribution in [1.29, 1.82) is 0 Å². The minimum absolute atomic E-state index is 0.0140. The van der Waals surface area contributed by atoms with Gasteiger partial charge in [-0.2, -0.15) is 27.1 Å². The number of ether oxygens (including phenoxy) is 1. The monoisotopic (exact) mass is 426 g/mol. The van der Waals surface area contributed by atoms with Crippen LogP contribution in [-0.2, 0) is 6.18 Å². The summed E-state index contributed by atoms with van der Waals surface area (Å²) in [4.78, 5) is 16.8. The second-order valence-electron chi connectivity index (χ2n) is 6.95. The SMILES string of the molecule is Cc1cc(OC(F)F)ccc1NC(=O)c1cc2nc(C3CC3)cc(C(F)(F)F)n2n1. The van der Waals surface area contributed by atoms with Gasteiger partial charge in [0.1, 0.15) is 11.4 Å². The summed E-state index contributed by atoms with van der Waals surface area (Å²) in [5.74, 6) is -0.855. The van der Waals surface area contributed by atoms with Crippen molar-refractivity contribution in [2.24, 2.45) is 0 Å². The molecule has 1 aromatic carbocycles. The molecule has 2 aromatic heterocycles. The second kappa shape index (κ2) is 7.22. The molecular weight excluding hydrogens is 411 g/mol. The first kappa shape index (κ1) is 20.0. The number of carbonyl (C=O) groups is 1. The van der Waals surface area contributed by atoms with E-state index in [-0.39, 0.29) is 28.7 Å². The van der Waals surface area contributed by atoms with Gasteiger partial charge in [0.05, 0.1) is 0 Å². The summed E-state index contributed by atoms with van der Waals surface area (Å²) in [6, 6.07) is 6.04. The number of rotatable bonds is 5. The summed E-state index contributed by atoms with van der Waals surface area (Å²) in [5.41, 5.74) is -0.301. The number of nitrogens with zero attached hydrogens (tertiary/aromatic N) is 3. The van der Waals surface area contributed by atoms with Gasteiger partial charge in [-0.1, -0.05) is 0 Å². The molecule has 0 bridgehead atoms. The standard InChI is InChI=1S/C19H15F5N4O2/c1-9-6-11(30-18(20)21)4-5-12(9)26-17(29)14-8-16-25-13(10-2-3-10)7-15(19(22,23)24)28(16)27-14/h4-8,10,18H,2-3H2,1H3,(H,26,29). The maximum atomic E-state index is 13.5. The molecule has 1 amide bonds. The smallest absolute Gasteiger partial charge is 0.433 e. The fourth-order valence-corrected chi connectivity index (χ4v) is 3.03. The van der Waals surface area contributed by atoms with Crippen LogP contribution in [0.3, 0.4) is 0 Å². The molecule has 158 valence electrons. The summed E-state index contributed by atoms with van der Waals surface area (Å²) >= 11 is 0. The molecule has 0 radical (unpaired) electrons. The number of amides is 1. The Balaban J connectivity index is 1.64. The van der Waals surface area contributed by atoms with Crippen LogP contribution in [0.2, 0.25) is 0 Å². The Bertz CT molecular complexity index is 1120. The lowest BCUT2D eigenvalue weighted by Gasteiger charge is -2.10. The summed E-state index contributed by atoms with van der Waals surface area (Å²) in [6.45, 7) is -1.43. The molecule has 0 aliphatic heterocycles. The molecule has 0 unspecified atom stereocenters. The predicted molar refractivity (Wildman–Crippen MR) is 95.7 cm³/mol. The Kier molecular flexibility index (Phi) is 4.83. The van der Waals surface area contributed by atoms with Gasteiger partial charge in [0.2, 0.25) is 0 Å². The zero-order chi connectivity index (χ0) is 21.6.